The van der Waals surface area contributed by atoms with Gasteiger partial charge in [0.05, 0.1) is 0 Å². The minimum Gasteiger partial charge on any atom is -0.508 e. The first-order valence-corrected chi connectivity index (χ1v) is 7.40. The molecule has 1 aliphatic heterocycles. The summed E-state index contributed by atoms with van der Waals surface area (Å²) in [6.45, 7) is 8.87. The van der Waals surface area contributed by atoms with Crippen molar-refractivity contribution in [3.63, 3.8) is 0 Å². The van der Waals surface area contributed by atoms with E-state index in [0.717, 1.165) is 32.1 Å². The van der Waals surface area contributed by atoms with Crippen LogP contribution >= 0.6 is 0 Å². The summed E-state index contributed by atoms with van der Waals surface area (Å²) < 4.78 is 0. The fourth-order valence-electron chi connectivity index (χ4n) is 2.78. The standard InChI is InChI=1S/C16H26N2O/c1-13(2)6-7-16(18-10-8-17-9-11-18)14-4-3-5-15(19)12-14/h3-5,12-13,16-17,19H,6-11H2,1-2H3/t16-/m0/s1. The monoisotopic (exact) mass is 262 g/mol. The van der Waals surface area contributed by atoms with Crippen molar-refractivity contribution < 1.29 is 5.11 Å². The summed E-state index contributed by atoms with van der Waals surface area (Å²) in [5.41, 5.74) is 1.25. The maximum Gasteiger partial charge on any atom is 0.115 e. The van der Waals surface area contributed by atoms with Gasteiger partial charge in [0, 0.05) is 32.2 Å². The van der Waals surface area contributed by atoms with Gasteiger partial charge in [0.25, 0.3) is 0 Å². The molecule has 1 heterocycles. The number of hydrogen-bond donors (Lipinski definition) is 2. The van der Waals surface area contributed by atoms with Gasteiger partial charge < -0.3 is 10.4 Å². The van der Waals surface area contributed by atoms with Crippen LogP contribution in [0.1, 0.15) is 38.3 Å². The third-order valence-corrected chi connectivity index (χ3v) is 3.86. The molecule has 0 bridgehead atoms. The van der Waals surface area contributed by atoms with Crippen LogP contribution in [0.2, 0.25) is 0 Å². The highest BCUT2D eigenvalue weighted by atomic mass is 16.3. The Labute approximate surface area is 116 Å². The lowest BCUT2D eigenvalue weighted by atomic mass is 9.95. The average molecular weight is 262 g/mol. The predicted octanol–water partition coefficient (Wildman–Crippen LogP) is 2.77. The molecule has 0 radical (unpaired) electrons. The molecule has 1 aromatic carbocycles. The molecule has 0 saturated carbocycles. The van der Waals surface area contributed by atoms with Gasteiger partial charge in [-0.05, 0) is 36.5 Å². The Hall–Kier alpha value is -1.06. The van der Waals surface area contributed by atoms with Crippen molar-refractivity contribution in [1.29, 1.82) is 0 Å². The van der Waals surface area contributed by atoms with Crippen LogP contribution < -0.4 is 5.32 Å². The Balaban J connectivity index is 2.12. The Morgan fingerprint density at radius 2 is 1.95 bits per heavy atom. The summed E-state index contributed by atoms with van der Waals surface area (Å²) in [6, 6.07) is 8.21. The molecule has 3 nitrogen and oxygen atoms in total. The van der Waals surface area contributed by atoms with Gasteiger partial charge in [0.1, 0.15) is 5.75 Å². The first-order chi connectivity index (χ1) is 9.16. The van der Waals surface area contributed by atoms with Crippen molar-refractivity contribution in [3.8, 4) is 5.75 Å². The molecule has 3 heteroatoms. The zero-order valence-electron chi connectivity index (χ0n) is 12.1. The average Bonchev–Trinajstić information content (AvgIpc) is 2.40. The summed E-state index contributed by atoms with van der Waals surface area (Å²) in [6.07, 6.45) is 2.39. The van der Waals surface area contributed by atoms with Crippen LogP contribution in [0.25, 0.3) is 0 Å². The van der Waals surface area contributed by atoms with Crippen molar-refractivity contribution in [3.05, 3.63) is 29.8 Å². The van der Waals surface area contributed by atoms with Crippen molar-refractivity contribution in [2.75, 3.05) is 26.2 Å². The minimum absolute atomic E-state index is 0.377. The Bertz CT molecular complexity index is 386. The minimum atomic E-state index is 0.377. The van der Waals surface area contributed by atoms with E-state index in [1.807, 2.05) is 12.1 Å². The summed E-state index contributed by atoms with van der Waals surface area (Å²) in [7, 11) is 0. The molecular formula is C16H26N2O. The van der Waals surface area contributed by atoms with Crippen LogP contribution in [-0.4, -0.2) is 36.2 Å². The van der Waals surface area contributed by atoms with Crippen molar-refractivity contribution >= 4 is 0 Å². The first-order valence-electron chi connectivity index (χ1n) is 7.40. The summed E-state index contributed by atoms with van der Waals surface area (Å²) in [5.74, 6) is 1.10. The van der Waals surface area contributed by atoms with Gasteiger partial charge in [0.2, 0.25) is 0 Å². The van der Waals surface area contributed by atoms with Crippen LogP contribution in [0.5, 0.6) is 5.75 Å². The topological polar surface area (TPSA) is 35.5 Å². The SMILES string of the molecule is CC(C)CC[C@@H](c1cccc(O)c1)N1CCNCC1. The smallest absolute Gasteiger partial charge is 0.115 e. The molecule has 0 amide bonds. The van der Waals surface area contributed by atoms with E-state index in [-0.39, 0.29) is 0 Å². The number of rotatable bonds is 5. The second-order valence-corrected chi connectivity index (χ2v) is 5.87. The predicted molar refractivity (Wildman–Crippen MR) is 79.4 cm³/mol. The van der Waals surface area contributed by atoms with E-state index in [1.165, 1.54) is 18.4 Å². The van der Waals surface area contributed by atoms with Crippen LogP contribution in [0, 0.1) is 5.92 Å². The zero-order chi connectivity index (χ0) is 13.7. The number of nitrogens with one attached hydrogen (secondary N) is 1. The van der Waals surface area contributed by atoms with E-state index in [2.05, 4.69) is 30.1 Å². The van der Waals surface area contributed by atoms with Gasteiger partial charge in [-0.2, -0.15) is 0 Å². The molecule has 1 saturated heterocycles. The molecule has 1 aromatic rings. The fourth-order valence-corrected chi connectivity index (χ4v) is 2.78. The summed E-state index contributed by atoms with van der Waals surface area (Å²) in [5, 5.41) is 13.1. The Kier molecular flexibility index (Phi) is 5.23. The van der Waals surface area contributed by atoms with E-state index < -0.39 is 0 Å². The molecular weight excluding hydrogens is 236 g/mol. The van der Waals surface area contributed by atoms with Crippen LogP contribution in [0.4, 0.5) is 0 Å². The second kappa shape index (κ2) is 6.92. The van der Waals surface area contributed by atoms with Gasteiger partial charge in [-0.3, -0.25) is 4.90 Å². The fraction of sp³-hybridized carbons (Fsp3) is 0.625. The lowest BCUT2D eigenvalue weighted by molar-refractivity contribution is 0.159. The van der Waals surface area contributed by atoms with E-state index in [1.54, 1.807) is 6.07 Å². The van der Waals surface area contributed by atoms with Gasteiger partial charge in [0.15, 0.2) is 0 Å². The molecule has 2 rings (SSSR count). The third-order valence-electron chi connectivity index (χ3n) is 3.86. The van der Waals surface area contributed by atoms with Crippen molar-refractivity contribution in [2.24, 2.45) is 5.92 Å². The normalized spacial score (nSPS) is 18.7. The highest BCUT2D eigenvalue weighted by Gasteiger charge is 2.22. The molecule has 0 unspecified atom stereocenters. The number of piperazine rings is 1. The van der Waals surface area contributed by atoms with Crippen LogP contribution in [0.15, 0.2) is 24.3 Å². The van der Waals surface area contributed by atoms with E-state index in [0.29, 0.717) is 11.8 Å². The summed E-state index contributed by atoms with van der Waals surface area (Å²) in [4.78, 5) is 2.55. The Morgan fingerprint density at radius 3 is 2.58 bits per heavy atom. The van der Waals surface area contributed by atoms with Crippen molar-refractivity contribution in [2.45, 2.75) is 32.7 Å². The van der Waals surface area contributed by atoms with Crippen molar-refractivity contribution in [1.82, 2.24) is 10.2 Å². The quantitative estimate of drug-likeness (QED) is 0.856. The second-order valence-electron chi connectivity index (χ2n) is 5.87. The number of nitrogens with zero attached hydrogens (tertiary/aromatic N) is 1. The summed E-state index contributed by atoms with van der Waals surface area (Å²) >= 11 is 0. The maximum atomic E-state index is 9.71. The van der Waals surface area contributed by atoms with Gasteiger partial charge >= 0.3 is 0 Å². The molecule has 0 aliphatic carbocycles. The molecule has 1 atom stereocenters. The van der Waals surface area contributed by atoms with E-state index in [4.69, 9.17) is 0 Å². The molecule has 1 fully saturated rings. The zero-order valence-corrected chi connectivity index (χ0v) is 12.1. The maximum absolute atomic E-state index is 9.71. The molecule has 2 N–H and O–H groups in total. The number of hydrogen-bond acceptors (Lipinski definition) is 3. The largest absolute Gasteiger partial charge is 0.508 e. The Morgan fingerprint density at radius 1 is 1.21 bits per heavy atom. The number of phenolic OH excluding ortho intramolecular Hbond substituents is 1. The van der Waals surface area contributed by atoms with Gasteiger partial charge in [-0.15, -0.1) is 0 Å². The molecule has 0 aromatic heterocycles. The molecule has 1 aliphatic rings. The number of aromatic hydroxyl groups is 1. The highest BCUT2D eigenvalue weighted by molar-refractivity contribution is 5.29. The van der Waals surface area contributed by atoms with Gasteiger partial charge in [-0.1, -0.05) is 26.0 Å². The van der Waals surface area contributed by atoms with E-state index >= 15 is 0 Å². The third kappa shape index (κ3) is 4.22. The van der Waals surface area contributed by atoms with E-state index in [9.17, 15) is 5.11 Å². The highest BCUT2D eigenvalue weighted by Crippen LogP contribution is 2.29. The van der Waals surface area contributed by atoms with Gasteiger partial charge in [-0.25, -0.2) is 0 Å². The number of phenols is 1. The lowest BCUT2D eigenvalue weighted by Crippen LogP contribution is -2.45. The first kappa shape index (κ1) is 14.4. The molecule has 0 spiro atoms. The molecule has 19 heavy (non-hydrogen) atoms. The van der Waals surface area contributed by atoms with Crippen LogP contribution in [-0.2, 0) is 0 Å². The van der Waals surface area contributed by atoms with Crippen LogP contribution in [0.3, 0.4) is 0 Å². The number of benzene rings is 1. The molecule has 106 valence electrons. The lowest BCUT2D eigenvalue weighted by Gasteiger charge is -2.35.